The first-order valence-electron chi connectivity index (χ1n) is 7.55. The summed E-state index contributed by atoms with van der Waals surface area (Å²) in [5, 5.41) is 1.37. The van der Waals surface area contributed by atoms with E-state index in [4.69, 9.17) is 5.84 Å². The second-order valence-electron chi connectivity index (χ2n) is 6.16. The van der Waals surface area contributed by atoms with E-state index < -0.39 is 29.0 Å². The zero-order chi connectivity index (χ0) is 17.5. The van der Waals surface area contributed by atoms with Gasteiger partial charge in [-0.3, -0.25) is 9.80 Å². The first-order valence-corrected chi connectivity index (χ1v) is 8.37. The lowest BCUT2D eigenvalue weighted by Gasteiger charge is -2.27. The Balaban J connectivity index is 1.84. The number of hydrogen-bond donors (Lipinski definition) is 1. The number of hydrogen-bond acceptors (Lipinski definition) is 5. The van der Waals surface area contributed by atoms with Crippen molar-refractivity contribution in [2.24, 2.45) is 10.8 Å². The largest absolute Gasteiger partial charge is 0.303 e. The molecule has 3 rings (SSSR count). The van der Waals surface area contributed by atoms with Gasteiger partial charge in [0.2, 0.25) is 0 Å². The normalized spacial score (nSPS) is 27.8. The maximum Gasteiger partial charge on any atom is 0.275 e. The van der Waals surface area contributed by atoms with Crippen molar-refractivity contribution in [3.8, 4) is 0 Å². The van der Waals surface area contributed by atoms with Crippen molar-refractivity contribution in [3.63, 3.8) is 0 Å². The number of aldehydes is 1. The summed E-state index contributed by atoms with van der Waals surface area (Å²) in [5.41, 5.74) is 0.409. The van der Waals surface area contributed by atoms with Gasteiger partial charge in [0.15, 0.2) is 5.17 Å². The molecule has 0 fully saturated rings. The molecule has 0 radical (unpaired) electrons. The summed E-state index contributed by atoms with van der Waals surface area (Å²) in [6.45, 7) is 1.69. The molecule has 0 spiro atoms. The van der Waals surface area contributed by atoms with Gasteiger partial charge in [-0.15, -0.1) is 0 Å². The van der Waals surface area contributed by atoms with Crippen LogP contribution in [-0.2, 0) is 15.5 Å². The number of carbonyl (C=O) groups is 2. The van der Waals surface area contributed by atoms with E-state index in [1.807, 2.05) is 0 Å². The monoisotopic (exact) mass is 353 g/mol. The summed E-state index contributed by atoms with van der Waals surface area (Å²) >= 11 is 1.13. The van der Waals surface area contributed by atoms with Gasteiger partial charge in [-0.1, -0.05) is 36.0 Å². The number of hydrazine groups is 1. The highest BCUT2D eigenvalue weighted by atomic mass is 32.2. The molecule has 1 aromatic rings. The topological polar surface area (TPSA) is 75.8 Å². The van der Waals surface area contributed by atoms with E-state index in [0.29, 0.717) is 12.0 Å². The molecule has 0 bridgehead atoms. The first kappa shape index (κ1) is 17.0. The Morgan fingerprint density at radius 1 is 1.46 bits per heavy atom. The minimum atomic E-state index is -2.96. The first-order chi connectivity index (χ1) is 11.3. The van der Waals surface area contributed by atoms with Crippen LogP contribution in [0.4, 0.5) is 8.78 Å². The van der Waals surface area contributed by atoms with Gasteiger partial charge in [0, 0.05) is 18.4 Å². The van der Waals surface area contributed by atoms with Crippen LogP contribution < -0.4 is 5.84 Å². The Morgan fingerprint density at radius 2 is 2.17 bits per heavy atom. The van der Waals surface area contributed by atoms with Crippen LogP contribution in [0.25, 0.3) is 0 Å². The molecule has 1 unspecified atom stereocenters. The van der Waals surface area contributed by atoms with E-state index in [9.17, 15) is 18.4 Å². The average molecular weight is 353 g/mol. The van der Waals surface area contributed by atoms with E-state index in [1.54, 1.807) is 25.1 Å². The number of amides is 1. The zero-order valence-corrected chi connectivity index (χ0v) is 13.9. The highest BCUT2D eigenvalue weighted by molar-refractivity contribution is 8.16. The van der Waals surface area contributed by atoms with Crippen molar-refractivity contribution < 1.29 is 18.4 Å². The molecule has 2 aliphatic rings. The van der Waals surface area contributed by atoms with Gasteiger partial charge in [-0.25, -0.2) is 14.6 Å². The predicted octanol–water partition coefficient (Wildman–Crippen LogP) is 2.77. The Hall–Kier alpha value is -1.80. The molecule has 0 aromatic heterocycles. The number of rotatable bonds is 4. The standard InChI is InChI=1S/C16H17F2N3O2S/c1-15(7-4-8-22)13(23)20-14(24-15)21(19)12-9-16(17,18)11-6-3-2-5-10(11)12/h2-3,5-6,8,12H,4,7,9,19H2,1H3/t12-,15?/m0/s1. The zero-order valence-electron chi connectivity index (χ0n) is 13.0. The summed E-state index contributed by atoms with van der Waals surface area (Å²) in [7, 11) is 0. The fourth-order valence-corrected chi connectivity index (χ4v) is 4.16. The van der Waals surface area contributed by atoms with Crippen LogP contribution in [-0.4, -0.2) is 27.1 Å². The molecular weight excluding hydrogens is 336 g/mol. The number of nitrogens with zero attached hydrogens (tertiary/aromatic N) is 2. The smallest absolute Gasteiger partial charge is 0.275 e. The predicted molar refractivity (Wildman–Crippen MR) is 87.5 cm³/mol. The Kier molecular flexibility index (Phi) is 4.21. The maximum atomic E-state index is 14.2. The van der Waals surface area contributed by atoms with E-state index in [1.165, 1.54) is 6.07 Å². The molecule has 1 aliphatic carbocycles. The molecule has 8 heteroatoms. The number of benzene rings is 1. The fourth-order valence-electron chi connectivity index (χ4n) is 3.04. The van der Waals surface area contributed by atoms with Gasteiger partial charge in [0.25, 0.3) is 11.8 Å². The Labute approximate surface area is 142 Å². The number of thioether (sulfide) groups is 1. The molecule has 0 saturated heterocycles. The number of amidine groups is 1. The lowest BCUT2D eigenvalue weighted by Crippen LogP contribution is -2.39. The third-order valence-corrected chi connectivity index (χ3v) is 5.74. The van der Waals surface area contributed by atoms with Crippen molar-refractivity contribution in [2.45, 2.75) is 42.9 Å². The summed E-state index contributed by atoms with van der Waals surface area (Å²) in [5.74, 6) is 2.70. The van der Waals surface area contributed by atoms with Crippen molar-refractivity contribution in [3.05, 3.63) is 35.4 Å². The lowest BCUT2D eigenvalue weighted by atomic mass is 10.0. The lowest BCUT2D eigenvalue weighted by molar-refractivity contribution is -0.119. The minimum absolute atomic E-state index is 0.0379. The summed E-state index contributed by atoms with van der Waals surface area (Å²) in [6, 6.07) is 5.52. The van der Waals surface area contributed by atoms with Crippen molar-refractivity contribution in [1.29, 1.82) is 0 Å². The number of halogens is 2. The Morgan fingerprint density at radius 3 is 2.88 bits per heavy atom. The van der Waals surface area contributed by atoms with Gasteiger partial charge in [0.05, 0.1) is 6.04 Å². The third-order valence-electron chi connectivity index (χ3n) is 4.43. The van der Waals surface area contributed by atoms with Crippen molar-refractivity contribution in [2.75, 3.05) is 0 Å². The third kappa shape index (κ3) is 2.73. The second kappa shape index (κ2) is 5.93. The molecule has 1 heterocycles. The van der Waals surface area contributed by atoms with Crippen LogP contribution in [0.2, 0.25) is 0 Å². The van der Waals surface area contributed by atoms with Crippen LogP contribution in [0, 0.1) is 0 Å². The number of nitrogens with two attached hydrogens (primary N) is 1. The molecule has 2 atom stereocenters. The fraction of sp³-hybridized carbons (Fsp3) is 0.438. The van der Waals surface area contributed by atoms with Crippen LogP contribution in [0.3, 0.4) is 0 Å². The summed E-state index contributed by atoms with van der Waals surface area (Å²) in [4.78, 5) is 26.7. The number of fused-ring (bicyclic) bond motifs is 1. The van der Waals surface area contributed by atoms with Gasteiger partial charge < -0.3 is 4.79 Å². The molecule has 1 amide bonds. The second-order valence-corrected chi connectivity index (χ2v) is 7.63. The average Bonchev–Trinajstić information content (AvgIpc) is 3.00. The van der Waals surface area contributed by atoms with E-state index in [0.717, 1.165) is 23.1 Å². The highest BCUT2D eigenvalue weighted by Gasteiger charge is 2.49. The van der Waals surface area contributed by atoms with Crippen LogP contribution >= 0.6 is 11.8 Å². The van der Waals surface area contributed by atoms with Crippen LogP contribution in [0.5, 0.6) is 0 Å². The molecule has 24 heavy (non-hydrogen) atoms. The Bertz CT molecular complexity index is 725. The van der Waals surface area contributed by atoms with E-state index in [-0.39, 0.29) is 17.2 Å². The van der Waals surface area contributed by atoms with Crippen molar-refractivity contribution in [1.82, 2.24) is 5.01 Å². The number of carbonyl (C=O) groups excluding carboxylic acids is 2. The number of alkyl halides is 2. The molecular formula is C16H17F2N3O2S. The summed E-state index contributed by atoms with van der Waals surface area (Å²) < 4.78 is 27.5. The highest BCUT2D eigenvalue weighted by Crippen LogP contribution is 2.50. The van der Waals surface area contributed by atoms with Gasteiger partial charge >= 0.3 is 0 Å². The molecule has 1 aliphatic heterocycles. The van der Waals surface area contributed by atoms with Crippen LogP contribution in [0.15, 0.2) is 29.3 Å². The van der Waals surface area contributed by atoms with Crippen LogP contribution in [0.1, 0.15) is 43.4 Å². The van der Waals surface area contributed by atoms with E-state index in [2.05, 4.69) is 4.99 Å². The molecule has 0 saturated carbocycles. The molecule has 128 valence electrons. The molecule has 5 nitrogen and oxygen atoms in total. The van der Waals surface area contributed by atoms with E-state index >= 15 is 0 Å². The molecule has 1 aromatic carbocycles. The summed E-state index contributed by atoms with van der Waals surface area (Å²) in [6.07, 6.45) is 0.845. The van der Waals surface area contributed by atoms with Gasteiger partial charge in [0.1, 0.15) is 11.0 Å². The number of aliphatic imine (C=N–C) groups is 1. The molecule has 2 N–H and O–H groups in total. The van der Waals surface area contributed by atoms with Crippen molar-refractivity contribution >= 4 is 29.1 Å². The SMILES string of the molecule is CC1(CCC=O)SC(N(N)[C@H]2CC(F)(F)c3ccccc32)=NC1=O. The van der Waals surface area contributed by atoms with Gasteiger partial charge in [-0.05, 0) is 18.9 Å². The maximum absolute atomic E-state index is 14.2. The van der Waals surface area contributed by atoms with Gasteiger partial charge in [-0.2, -0.15) is 4.99 Å². The minimum Gasteiger partial charge on any atom is -0.303 e. The quantitative estimate of drug-likeness (QED) is 0.512.